The minimum atomic E-state index is 0.644. The predicted octanol–water partition coefficient (Wildman–Crippen LogP) is 12.0. The lowest BCUT2D eigenvalue weighted by Gasteiger charge is -2.10. The second kappa shape index (κ2) is 11.6. The van der Waals surface area contributed by atoms with E-state index >= 15 is 0 Å². The number of fused-ring (bicyclic) bond motifs is 6. The van der Waals surface area contributed by atoms with E-state index in [9.17, 15) is 0 Å². The normalized spacial score (nSPS) is 11.6. The number of hydrogen-bond donors (Lipinski definition) is 0. The Morgan fingerprint density at radius 1 is 0.380 bits per heavy atom. The van der Waals surface area contributed by atoms with Crippen molar-refractivity contribution in [3.8, 4) is 51.0 Å². The van der Waals surface area contributed by atoms with E-state index in [0.717, 1.165) is 27.9 Å². The van der Waals surface area contributed by atoms with Gasteiger partial charge >= 0.3 is 0 Å². The van der Waals surface area contributed by atoms with E-state index in [-0.39, 0.29) is 0 Å². The van der Waals surface area contributed by atoms with Crippen LogP contribution in [0.4, 0.5) is 0 Å². The van der Waals surface area contributed by atoms with Gasteiger partial charge in [0.15, 0.2) is 17.5 Å². The molecule has 0 atom stereocenters. The summed E-state index contributed by atoms with van der Waals surface area (Å²) in [5.74, 6) is 1.96. The van der Waals surface area contributed by atoms with Crippen LogP contribution in [0.3, 0.4) is 0 Å². The van der Waals surface area contributed by atoms with Crippen LogP contribution in [0.5, 0.6) is 0 Å². The van der Waals surface area contributed by atoms with Crippen molar-refractivity contribution < 1.29 is 0 Å². The molecule has 234 valence electrons. The Hall–Kier alpha value is -6.43. The summed E-state index contributed by atoms with van der Waals surface area (Å²) in [6, 6.07) is 59.7. The summed E-state index contributed by atoms with van der Waals surface area (Å²) in [6.45, 7) is 0. The van der Waals surface area contributed by atoms with Crippen LogP contribution < -0.4 is 0 Å². The molecule has 0 unspecified atom stereocenters. The van der Waals surface area contributed by atoms with Crippen LogP contribution >= 0.6 is 11.3 Å². The minimum absolute atomic E-state index is 0.644. The Balaban J connectivity index is 1.19. The SMILES string of the molecule is c1ccc(-c2ccc3sc4c(-c5nc(-c6ccccc6)nc(-c6ccc7c8ccccc8n(-c8ccccc8)c7c6)n5)cccc4c3c2)cc1. The van der Waals surface area contributed by atoms with Crippen LogP contribution in [0.15, 0.2) is 170 Å². The Labute approximate surface area is 292 Å². The van der Waals surface area contributed by atoms with E-state index in [1.54, 1.807) is 11.3 Å². The second-order valence-electron chi connectivity index (χ2n) is 12.5. The molecule has 0 aliphatic rings. The van der Waals surface area contributed by atoms with Crippen LogP contribution in [0.2, 0.25) is 0 Å². The van der Waals surface area contributed by atoms with Crippen LogP contribution in [0.1, 0.15) is 0 Å². The van der Waals surface area contributed by atoms with Gasteiger partial charge in [0, 0.05) is 53.3 Å². The fourth-order valence-corrected chi connectivity index (χ4v) is 8.28. The fourth-order valence-electron chi connectivity index (χ4n) is 7.09. The highest BCUT2D eigenvalue weighted by molar-refractivity contribution is 7.26. The van der Waals surface area contributed by atoms with Gasteiger partial charge in [-0.2, -0.15) is 0 Å². The lowest BCUT2D eigenvalue weighted by atomic mass is 10.0. The zero-order chi connectivity index (χ0) is 33.0. The molecule has 0 bridgehead atoms. The quantitative estimate of drug-likeness (QED) is 0.185. The maximum atomic E-state index is 5.22. The Morgan fingerprint density at radius 3 is 1.80 bits per heavy atom. The van der Waals surface area contributed by atoms with E-state index in [0.29, 0.717) is 17.5 Å². The lowest BCUT2D eigenvalue weighted by molar-refractivity contribution is 1.08. The second-order valence-corrected chi connectivity index (χ2v) is 13.5. The van der Waals surface area contributed by atoms with Crippen molar-refractivity contribution in [3.05, 3.63) is 170 Å². The number of aromatic nitrogens is 4. The number of para-hydroxylation sites is 2. The highest BCUT2D eigenvalue weighted by atomic mass is 32.1. The summed E-state index contributed by atoms with van der Waals surface area (Å²) in [5.41, 5.74) is 8.71. The highest BCUT2D eigenvalue weighted by Crippen LogP contribution is 2.41. The maximum Gasteiger partial charge on any atom is 0.165 e. The van der Waals surface area contributed by atoms with Crippen molar-refractivity contribution in [1.82, 2.24) is 19.5 Å². The van der Waals surface area contributed by atoms with Crippen molar-refractivity contribution in [1.29, 1.82) is 0 Å². The first-order valence-electron chi connectivity index (χ1n) is 16.7. The molecule has 0 spiro atoms. The third kappa shape index (κ3) is 4.71. The van der Waals surface area contributed by atoms with Gasteiger partial charge in [-0.3, -0.25) is 0 Å². The van der Waals surface area contributed by atoms with Crippen LogP contribution in [-0.2, 0) is 0 Å². The molecule has 0 amide bonds. The van der Waals surface area contributed by atoms with Gasteiger partial charge in [-0.05, 0) is 53.6 Å². The molecule has 0 saturated carbocycles. The first-order valence-corrected chi connectivity index (χ1v) is 17.5. The molecule has 0 radical (unpaired) electrons. The van der Waals surface area contributed by atoms with E-state index in [2.05, 4.69) is 156 Å². The number of hydrogen-bond acceptors (Lipinski definition) is 4. The van der Waals surface area contributed by atoms with E-state index in [4.69, 9.17) is 15.0 Å². The van der Waals surface area contributed by atoms with Gasteiger partial charge in [0.2, 0.25) is 0 Å². The van der Waals surface area contributed by atoms with Gasteiger partial charge < -0.3 is 4.57 Å². The topological polar surface area (TPSA) is 43.6 Å². The first kappa shape index (κ1) is 28.6. The number of rotatable bonds is 5. The number of thiophene rings is 1. The number of benzene rings is 7. The zero-order valence-electron chi connectivity index (χ0n) is 26.9. The molecular weight excluding hydrogens is 629 g/mol. The Morgan fingerprint density at radius 2 is 1.00 bits per heavy atom. The van der Waals surface area contributed by atoms with Crippen molar-refractivity contribution in [3.63, 3.8) is 0 Å². The molecule has 3 heterocycles. The van der Waals surface area contributed by atoms with Gasteiger partial charge in [0.1, 0.15) is 0 Å². The molecule has 10 aromatic rings. The van der Waals surface area contributed by atoms with E-state index < -0.39 is 0 Å². The maximum absolute atomic E-state index is 5.22. The highest BCUT2D eigenvalue weighted by Gasteiger charge is 2.19. The molecule has 5 heteroatoms. The minimum Gasteiger partial charge on any atom is -0.309 e. The molecule has 7 aromatic carbocycles. The van der Waals surface area contributed by atoms with Crippen LogP contribution in [0.25, 0.3) is 93.0 Å². The fraction of sp³-hybridized carbons (Fsp3) is 0. The molecular formula is C45H28N4S. The molecule has 0 aliphatic carbocycles. The largest absolute Gasteiger partial charge is 0.309 e. The average Bonchev–Trinajstić information content (AvgIpc) is 3.74. The lowest BCUT2D eigenvalue weighted by Crippen LogP contribution is -2.00. The van der Waals surface area contributed by atoms with Crippen LogP contribution in [0, 0.1) is 0 Å². The molecule has 4 nitrogen and oxygen atoms in total. The van der Waals surface area contributed by atoms with Crippen molar-refractivity contribution >= 4 is 53.3 Å². The third-order valence-electron chi connectivity index (χ3n) is 9.46. The summed E-state index contributed by atoms with van der Waals surface area (Å²) < 4.78 is 4.74. The van der Waals surface area contributed by atoms with Gasteiger partial charge in [0.25, 0.3) is 0 Å². The average molecular weight is 657 g/mol. The van der Waals surface area contributed by atoms with Gasteiger partial charge in [-0.15, -0.1) is 11.3 Å². The molecule has 3 aromatic heterocycles. The van der Waals surface area contributed by atoms with E-state index in [1.807, 2.05) is 18.2 Å². The Kier molecular flexibility index (Phi) is 6.64. The standard InChI is InChI=1S/C45H28N4S/c1-4-13-29(14-5-1)31-24-26-41-38(27-31)36-20-12-21-37(42(36)50-41)45-47-43(30-15-6-2-7-16-30)46-44(48-45)32-23-25-35-34-19-10-11-22-39(34)49(40(35)28-32)33-17-8-3-9-18-33/h1-28H. The van der Waals surface area contributed by atoms with Crippen LogP contribution in [-0.4, -0.2) is 19.5 Å². The molecule has 0 N–H and O–H groups in total. The summed E-state index contributed by atoms with van der Waals surface area (Å²) in [7, 11) is 0. The van der Waals surface area contributed by atoms with E-state index in [1.165, 1.54) is 47.6 Å². The monoisotopic (exact) mass is 656 g/mol. The van der Waals surface area contributed by atoms with Gasteiger partial charge in [-0.1, -0.05) is 127 Å². The summed E-state index contributed by atoms with van der Waals surface area (Å²) >= 11 is 1.79. The van der Waals surface area contributed by atoms with Gasteiger partial charge in [-0.25, -0.2) is 15.0 Å². The van der Waals surface area contributed by atoms with Crippen molar-refractivity contribution in [2.75, 3.05) is 0 Å². The molecule has 0 saturated heterocycles. The smallest absolute Gasteiger partial charge is 0.165 e. The summed E-state index contributed by atoms with van der Waals surface area (Å²) in [4.78, 5) is 15.5. The molecule has 0 aliphatic heterocycles. The Bertz CT molecular complexity index is 2860. The molecule has 0 fully saturated rings. The molecule has 10 rings (SSSR count). The first-order chi connectivity index (χ1) is 24.8. The summed E-state index contributed by atoms with van der Waals surface area (Å²) in [5, 5.41) is 4.85. The third-order valence-corrected chi connectivity index (χ3v) is 10.7. The predicted molar refractivity (Wildman–Crippen MR) is 209 cm³/mol. The van der Waals surface area contributed by atoms with Crippen molar-refractivity contribution in [2.45, 2.75) is 0 Å². The summed E-state index contributed by atoms with van der Waals surface area (Å²) in [6.07, 6.45) is 0. The zero-order valence-corrected chi connectivity index (χ0v) is 27.7. The van der Waals surface area contributed by atoms with Crippen molar-refractivity contribution in [2.24, 2.45) is 0 Å². The molecule has 50 heavy (non-hydrogen) atoms. The number of nitrogens with zero attached hydrogens (tertiary/aromatic N) is 4. The van der Waals surface area contributed by atoms with Gasteiger partial charge in [0.05, 0.1) is 11.0 Å².